The Morgan fingerprint density at radius 2 is 1.44 bits per heavy atom. The first-order valence-corrected chi connectivity index (χ1v) is 5.52. The second-order valence-corrected chi connectivity index (χ2v) is 3.95. The zero-order chi connectivity index (χ0) is 10.8. The van der Waals surface area contributed by atoms with Crippen molar-refractivity contribution in [3.05, 3.63) is 65.0 Å². The lowest BCUT2D eigenvalue weighted by atomic mass is 10.2. The van der Waals surface area contributed by atoms with Gasteiger partial charge in [-0.15, -0.1) is 0 Å². The lowest BCUT2D eigenvalue weighted by Gasteiger charge is -2.21. The minimum Gasteiger partial charge on any atom is -0.344 e. The van der Waals surface area contributed by atoms with E-state index in [2.05, 4.69) is 65.7 Å². The molecule has 0 fully saturated rings. The SMILES string of the molecule is C1=c2ccccc2=CN(c2ccccc2)C1. The van der Waals surface area contributed by atoms with Crippen LogP contribution in [0.2, 0.25) is 0 Å². The highest BCUT2D eigenvalue weighted by Gasteiger charge is 2.03. The van der Waals surface area contributed by atoms with Gasteiger partial charge >= 0.3 is 0 Å². The van der Waals surface area contributed by atoms with E-state index in [1.54, 1.807) is 0 Å². The molecule has 0 atom stereocenters. The molecular formula is C15H13N. The van der Waals surface area contributed by atoms with Gasteiger partial charge in [0.05, 0.1) is 0 Å². The molecule has 0 aliphatic carbocycles. The summed E-state index contributed by atoms with van der Waals surface area (Å²) in [5.41, 5.74) is 1.24. The van der Waals surface area contributed by atoms with Gasteiger partial charge in [0.1, 0.15) is 0 Å². The zero-order valence-electron chi connectivity index (χ0n) is 9.01. The lowest BCUT2D eigenvalue weighted by Crippen LogP contribution is -2.35. The Labute approximate surface area is 95.0 Å². The maximum absolute atomic E-state index is 2.27. The van der Waals surface area contributed by atoms with Gasteiger partial charge in [-0.3, -0.25) is 0 Å². The van der Waals surface area contributed by atoms with Crippen molar-refractivity contribution in [3.8, 4) is 0 Å². The number of fused-ring (bicyclic) bond motifs is 1. The molecule has 0 bridgehead atoms. The summed E-state index contributed by atoms with van der Waals surface area (Å²) in [5.74, 6) is 0. The van der Waals surface area contributed by atoms with Crippen molar-refractivity contribution in [2.45, 2.75) is 0 Å². The minimum absolute atomic E-state index is 0.945. The molecule has 1 aliphatic rings. The van der Waals surface area contributed by atoms with E-state index in [9.17, 15) is 0 Å². The summed E-state index contributed by atoms with van der Waals surface area (Å²) in [5, 5.41) is 2.62. The Morgan fingerprint density at radius 3 is 2.25 bits per heavy atom. The van der Waals surface area contributed by atoms with Gasteiger partial charge in [-0.05, 0) is 22.6 Å². The van der Waals surface area contributed by atoms with Crippen LogP contribution in [0.15, 0.2) is 54.6 Å². The quantitative estimate of drug-likeness (QED) is 0.688. The maximum atomic E-state index is 2.27. The van der Waals surface area contributed by atoms with Crippen molar-refractivity contribution >= 4 is 18.0 Å². The molecule has 1 nitrogen and oxygen atoms in total. The fraction of sp³-hybridized carbons (Fsp3) is 0.0667. The van der Waals surface area contributed by atoms with Crippen LogP contribution in [-0.4, -0.2) is 6.54 Å². The Hall–Kier alpha value is -2.02. The van der Waals surface area contributed by atoms with Crippen molar-refractivity contribution < 1.29 is 0 Å². The first-order valence-electron chi connectivity index (χ1n) is 5.52. The summed E-state index contributed by atoms with van der Waals surface area (Å²) in [6.45, 7) is 0.945. The summed E-state index contributed by atoms with van der Waals surface area (Å²) in [7, 11) is 0. The molecule has 0 saturated carbocycles. The molecule has 0 saturated heterocycles. The number of hydrogen-bond acceptors (Lipinski definition) is 1. The van der Waals surface area contributed by atoms with Gasteiger partial charge in [0, 0.05) is 18.4 Å². The van der Waals surface area contributed by atoms with Crippen LogP contribution in [0.25, 0.3) is 12.3 Å². The van der Waals surface area contributed by atoms with Crippen molar-refractivity contribution in [2.75, 3.05) is 11.4 Å². The summed E-state index contributed by atoms with van der Waals surface area (Å²) >= 11 is 0. The van der Waals surface area contributed by atoms with Crippen molar-refractivity contribution in [3.63, 3.8) is 0 Å². The number of benzene rings is 2. The first kappa shape index (κ1) is 9.22. The molecule has 0 amide bonds. The van der Waals surface area contributed by atoms with E-state index in [0.717, 1.165) is 6.54 Å². The van der Waals surface area contributed by atoms with E-state index < -0.39 is 0 Å². The Balaban J connectivity index is 2.08. The maximum Gasteiger partial charge on any atom is 0.0415 e. The fourth-order valence-corrected chi connectivity index (χ4v) is 2.03. The predicted molar refractivity (Wildman–Crippen MR) is 68.4 cm³/mol. The van der Waals surface area contributed by atoms with E-state index in [-0.39, 0.29) is 0 Å². The molecule has 0 unspecified atom stereocenters. The molecule has 0 spiro atoms. The highest BCUT2D eigenvalue weighted by atomic mass is 15.1. The topological polar surface area (TPSA) is 3.24 Å². The largest absolute Gasteiger partial charge is 0.344 e. The van der Waals surface area contributed by atoms with Gasteiger partial charge in [0.15, 0.2) is 0 Å². The third-order valence-electron chi connectivity index (χ3n) is 2.89. The third-order valence-corrected chi connectivity index (χ3v) is 2.89. The van der Waals surface area contributed by atoms with Crippen LogP contribution in [0.4, 0.5) is 5.69 Å². The highest BCUT2D eigenvalue weighted by Crippen LogP contribution is 2.13. The Bertz CT molecular complexity index is 599. The molecule has 1 aliphatic heterocycles. The number of hydrogen-bond donors (Lipinski definition) is 0. The van der Waals surface area contributed by atoms with Gasteiger partial charge in [0.2, 0.25) is 0 Å². The highest BCUT2D eigenvalue weighted by molar-refractivity contribution is 5.63. The smallest absolute Gasteiger partial charge is 0.0415 e. The number of rotatable bonds is 1. The normalized spacial score (nSPS) is 13.6. The molecule has 0 radical (unpaired) electrons. The summed E-state index contributed by atoms with van der Waals surface area (Å²) in [4.78, 5) is 2.27. The molecule has 78 valence electrons. The average Bonchev–Trinajstić information content (AvgIpc) is 2.39. The van der Waals surface area contributed by atoms with Crippen LogP contribution in [-0.2, 0) is 0 Å². The van der Waals surface area contributed by atoms with Gasteiger partial charge < -0.3 is 4.90 Å². The van der Waals surface area contributed by atoms with Gasteiger partial charge in [-0.25, -0.2) is 0 Å². The van der Waals surface area contributed by atoms with E-state index in [4.69, 9.17) is 0 Å². The van der Waals surface area contributed by atoms with Crippen LogP contribution in [0.5, 0.6) is 0 Å². The van der Waals surface area contributed by atoms with E-state index in [1.165, 1.54) is 16.1 Å². The predicted octanol–water partition coefficient (Wildman–Crippen LogP) is 1.73. The molecule has 0 N–H and O–H groups in total. The Morgan fingerprint density at radius 1 is 0.750 bits per heavy atom. The summed E-state index contributed by atoms with van der Waals surface area (Å²) in [6, 6.07) is 18.9. The molecular weight excluding hydrogens is 194 g/mol. The van der Waals surface area contributed by atoms with Crippen LogP contribution >= 0.6 is 0 Å². The van der Waals surface area contributed by atoms with Gasteiger partial charge in [-0.1, -0.05) is 48.5 Å². The molecule has 2 aromatic carbocycles. The molecule has 1 heteroatoms. The first-order chi connectivity index (χ1) is 7.93. The standard InChI is InChI=1S/C15H13N/c1-2-8-15(9-3-1)16-11-10-13-6-4-5-7-14(13)12-16/h1-10,12H,11H2. The second kappa shape index (κ2) is 3.86. The molecule has 1 heterocycles. The molecule has 16 heavy (non-hydrogen) atoms. The molecule has 0 aromatic heterocycles. The van der Waals surface area contributed by atoms with Crippen LogP contribution in [0.1, 0.15) is 0 Å². The van der Waals surface area contributed by atoms with E-state index in [0.29, 0.717) is 0 Å². The van der Waals surface area contributed by atoms with Gasteiger partial charge in [0.25, 0.3) is 0 Å². The van der Waals surface area contributed by atoms with Gasteiger partial charge in [-0.2, -0.15) is 0 Å². The van der Waals surface area contributed by atoms with E-state index >= 15 is 0 Å². The minimum atomic E-state index is 0.945. The fourth-order valence-electron chi connectivity index (χ4n) is 2.03. The van der Waals surface area contributed by atoms with E-state index in [1.807, 2.05) is 6.07 Å². The monoisotopic (exact) mass is 207 g/mol. The van der Waals surface area contributed by atoms with Crippen molar-refractivity contribution in [1.82, 2.24) is 0 Å². The zero-order valence-corrected chi connectivity index (χ0v) is 9.01. The third kappa shape index (κ3) is 1.61. The van der Waals surface area contributed by atoms with Crippen molar-refractivity contribution in [1.29, 1.82) is 0 Å². The second-order valence-electron chi connectivity index (χ2n) is 3.95. The molecule has 2 aromatic rings. The number of nitrogens with zero attached hydrogens (tertiary/aromatic N) is 1. The number of para-hydroxylation sites is 1. The van der Waals surface area contributed by atoms with Crippen molar-refractivity contribution in [2.24, 2.45) is 0 Å². The van der Waals surface area contributed by atoms with Crippen LogP contribution < -0.4 is 15.3 Å². The summed E-state index contributed by atoms with van der Waals surface area (Å²) < 4.78 is 0. The number of anilines is 1. The lowest BCUT2D eigenvalue weighted by molar-refractivity contribution is 1.14. The Kier molecular flexibility index (Phi) is 2.22. The average molecular weight is 207 g/mol. The summed E-state index contributed by atoms with van der Waals surface area (Å²) in [6.07, 6.45) is 4.48. The van der Waals surface area contributed by atoms with Crippen LogP contribution in [0, 0.1) is 0 Å². The van der Waals surface area contributed by atoms with Crippen LogP contribution in [0.3, 0.4) is 0 Å². The molecule has 3 rings (SSSR count).